The van der Waals surface area contributed by atoms with Crippen LogP contribution in [0.3, 0.4) is 0 Å². The van der Waals surface area contributed by atoms with Gasteiger partial charge in [-0.05, 0) is 0 Å². The molecular formula is C11H18F6O4S. The van der Waals surface area contributed by atoms with Crippen LogP contribution in [0.15, 0.2) is 0 Å². The molecule has 4 nitrogen and oxygen atoms in total. The number of hydrogen-bond acceptors (Lipinski definition) is 4. The van der Waals surface area contributed by atoms with E-state index in [1.54, 1.807) is 0 Å². The molecule has 0 aliphatic rings. The van der Waals surface area contributed by atoms with Gasteiger partial charge in [0.15, 0.2) is 0 Å². The molecule has 0 spiro atoms. The smallest absolute Gasteiger partial charge is 0.227 e. The topological polar surface area (TPSA) is 52.6 Å². The normalized spacial score (nSPS) is 18.2. The van der Waals surface area contributed by atoms with Crippen molar-refractivity contribution in [1.82, 2.24) is 0 Å². The van der Waals surface area contributed by atoms with E-state index in [9.17, 15) is 34.3 Å². The van der Waals surface area contributed by atoms with E-state index in [-0.39, 0.29) is 0 Å². The molecule has 0 saturated carbocycles. The Hall–Kier alpha value is -0.550. The van der Waals surface area contributed by atoms with Crippen molar-refractivity contribution >= 4 is 10.5 Å². The van der Waals surface area contributed by atoms with Crippen molar-refractivity contribution in [2.45, 2.75) is 59.2 Å². The minimum Gasteiger partial charge on any atom is -0.227 e. The third-order valence-corrected chi connectivity index (χ3v) is 3.26. The average molecular weight is 360 g/mol. The second kappa shape index (κ2) is 5.52. The van der Waals surface area contributed by atoms with Gasteiger partial charge in [0.1, 0.15) is 0 Å². The Kier molecular flexibility index (Phi) is 5.38. The van der Waals surface area contributed by atoms with Gasteiger partial charge in [-0.1, -0.05) is 49.8 Å². The molecule has 0 aliphatic heterocycles. The summed E-state index contributed by atoms with van der Waals surface area (Å²) < 4.78 is 106. The van der Waals surface area contributed by atoms with Gasteiger partial charge < -0.3 is 0 Å². The average Bonchev–Trinajstić information content (AvgIpc) is 2.20. The molecule has 0 N–H and O–H groups in total. The van der Waals surface area contributed by atoms with Gasteiger partial charge in [-0.2, -0.15) is 17.2 Å². The summed E-state index contributed by atoms with van der Waals surface area (Å²) in [4.78, 5) is 2.92. The molecule has 0 aromatic carbocycles. The Bertz CT molecular complexity index is 506. The molecule has 0 rings (SSSR count). The van der Waals surface area contributed by atoms with Gasteiger partial charge in [-0.3, -0.25) is 0 Å². The summed E-state index contributed by atoms with van der Waals surface area (Å²) in [5.74, 6) is -4.70. The lowest BCUT2D eigenvalue weighted by Gasteiger charge is -2.49. The lowest BCUT2D eigenvalue weighted by molar-refractivity contribution is -0.470. The maximum absolute atomic E-state index is 14.9. The van der Waals surface area contributed by atoms with E-state index in [4.69, 9.17) is 0 Å². The molecule has 0 aromatic rings. The second-order valence-corrected chi connectivity index (χ2v) is 7.72. The summed E-state index contributed by atoms with van der Waals surface area (Å²) >= 11 is 0. The monoisotopic (exact) mass is 360 g/mol. The first kappa shape index (κ1) is 21.4. The van der Waals surface area contributed by atoms with Crippen molar-refractivity contribution in [3.05, 3.63) is 0 Å². The molecule has 0 aliphatic carbocycles. The van der Waals surface area contributed by atoms with Gasteiger partial charge in [0.25, 0.3) is 11.6 Å². The molecule has 0 saturated heterocycles. The van der Waals surface area contributed by atoms with Crippen molar-refractivity contribution in [3.8, 4) is 0 Å². The van der Waals surface area contributed by atoms with Gasteiger partial charge in [0.05, 0.1) is 0 Å². The molecular weight excluding hydrogens is 342 g/mol. The first-order valence-corrected chi connectivity index (χ1v) is 7.28. The second-order valence-electron chi connectivity index (χ2n) is 6.79. The Morgan fingerprint density at radius 2 is 1.14 bits per heavy atom. The summed E-state index contributed by atoms with van der Waals surface area (Å²) in [5.41, 5.74) is -9.44. The summed E-state index contributed by atoms with van der Waals surface area (Å²) in [7, 11) is -6.06. The van der Waals surface area contributed by atoms with Crippen LogP contribution in [0.4, 0.5) is 25.8 Å². The lowest BCUT2D eigenvalue weighted by Crippen LogP contribution is -2.69. The van der Waals surface area contributed by atoms with E-state index in [0.29, 0.717) is 0 Å². The van der Waals surface area contributed by atoms with Crippen molar-refractivity contribution in [2.75, 3.05) is 0 Å². The predicted molar refractivity (Wildman–Crippen MR) is 64.8 cm³/mol. The summed E-state index contributed by atoms with van der Waals surface area (Å²) in [6.45, 7) is 4.59. The molecule has 134 valence electrons. The number of hydrogen-bond donors (Lipinski definition) is 0. The fraction of sp³-hybridized carbons (Fsp3) is 1.00. The fourth-order valence-electron chi connectivity index (χ4n) is 1.75. The van der Waals surface area contributed by atoms with Gasteiger partial charge in [-0.15, -0.1) is 4.89 Å². The SMILES string of the molecule is CC(C)(C)C(F)(F)C(F)(C(C)(C)C)C(F)(F)OOS(=O)(=O)F. The number of rotatable bonds is 5. The van der Waals surface area contributed by atoms with Crippen molar-refractivity contribution in [2.24, 2.45) is 10.8 Å². The van der Waals surface area contributed by atoms with Crippen molar-refractivity contribution in [3.63, 3.8) is 0 Å². The van der Waals surface area contributed by atoms with Crippen LogP contribution >= 0.6 is 0 Å². The molecule has 1 atom stereocenters. The van der Waals surface area contributed by atoms with Crippen LogP contribution in [0.5, 0.6) is 0 Å². The van der Waals surface area contributed by atoms with E-state index in [1.165, 1.54) is 0 Å². The standard InChI is InChI=1S/C11H18F6O4S/c1-7(2,3)9(12,10(13,14)8(4,5)6)11(15,16)20-21-22(17,18)19/h1-6H3. The lowest BCUT2D eigenvalue weighted by atomic mass is 9.66. The highest BCUT2D eigenvalue weighted by Gasteiger charge is 2.79. The molecule has 22 heavy (non-hydrogen) atoms. The highest BCUT2D eigenvalue weighted by atomic mass is 32.3. The van der Waals surface area contributed by atoms with Gasteiger partial charge in [0.2, 0.25) is 0 Å². The van der Waals surface area contributed by atoms with E-state index < -0.39 is 39.0 Å². The van der Waals surface area contributed by atoms with Crippen molar-refractivity contribution < 1.29 is 43.5 Å². The largest absolute Gasteiger partial charge is 0.464 e. The Morgan fingerprint density at radius 1 is 0.773 bits per heavy atom. The quantitative estimate of drug-likeness (QED) is 0.319. The van der Waals surface area contributed by atoms with Crippen LogP contribution in [0.2, 0.25) is 0 Å². The van der Waals surface area contributed by atoms with Gasteiger partial charge >= 0.3 is 16.6 Å². The Balaban J connectivity index is 6.15. The van der Waals surface area contributed by atoms with Gasteiger partial charge in [0, 0.05) is 10.8 Å². The summed E-state index contributed by atoms with van der Waals surface area (Å²) in [5, 5.41) is 0. The molecule has 0 aromatic heterocycles. The third kappa shape index (κ3) is 3.67. The van der Waals surface area contributed by atoms with Crippen LogP contribution in [0.1, 0.15) is 41.5 Å². The zero-order valence-corrected chi connectivity index (χ0v) is 13.6. The first-order chi connectivity index (χ1) is 9.21. The van der Waals surface area contributed by atoms with E-state index in [0.717, 1.165) is 41.5 Å². The predicted octanol–water partition coefficient (Wildman–Crippen LogP) is 4.18. The van der Waals surface area contributed by atoms with Crippen LogP contribution < -0.4 is 0 Å². The van der Waals surface area contributed by atoms with Crippen LogP contribution in [0, 0.1) is 10.8 Å². The van der Waals surface area contributed by atoms with Crippen LogP contribution in [-0.4, -0.2) is 26.1 Å². The molecule has 0 amide bonds. The van der Waals surface area contributed by atoms with Crippen LogP contribution in [-0.2, 0) is 19.7 Å². The Morgan fingerprint density at radius 3 is 1.36 bits per heavy atom. The third-order valence-electron chi connectivity index (χ3n) is 3.03. The van der Waals surface area contributed by atoms with E-state index in [2.05, 4.69) is 9.22 Å². The highest BCUT2D eigenvalue weighted by Crippen LogP contribution is 2.60. The Labute approximate surface area is 125 Å². The molecule has 0 heterocycles. The van der Waals surface area contributed by atoms with E-state index in [1.807, 2.05) is 0 Å². The van der Waals surface area contributed by atoms with Crippen molar-refractivity contribution in [1.29, 1.82) is 0 Å². The fourth-order valence-corrected chi connectivity index (χ4v) is 1.91. The molecule has 1 unspecified atom stereocenters. The maximum Gasteiger partial charge on any atom is 0.464 e. The minimum absolute atomic E-state index is 0.730. The van der Waals surface area contributed by atoms with Gasteiger partial charge in [-0.25, -0.2) is 13.2 Å². The first-order valence-electron chi connectivity index (χ1n) is 5.97. The molecule has 11 heteroatoms. The zero-order valence-electron chi connectivity index (χ0n) is 12.8. The summed E-state index contributed by atoms with van der Waals surface area (Å²) in [6.07, 6.45) is -5.47. The minimum atomic E-state index is -6.06. The molecule has 0 fully saturated rings. The summed E-state index contributed by atoms with van der Waals surface area (Å²) in [6, 6.07) is 0. The highest BCUT2D eigenvalue weighted by molar-refractivity contribution is 7.81. The van der Waals surface area contributed by atoms with E-state index >= 15 is 0 Å². The van der Waals surface area contributed by atoms with Crippen LogP contribution in [0.25, 0.3) is 0 Å². The molecule has 0 bridgehead atoms. The zero-order chi connectivity index (χ0) is 18.4. The maximum atomic E-state index is 14.9. The number of alkyl halides is 5. The number of halogens is 6. The molecule has 0 radical (unpaired) electrons.